The van der Waals surface area contributed by atoms with Crippen LogP contribution in [0.2, 0.25) is 0 Å². The van der Waals surface area contributed by atoms with Gasteiger partial charge in [-0.2, -0.15) is 0 Å². The highest BCUT2D eigenvalue weighted by Gasteiger charge is 2.24. The van der Waals surface area contributed by atoms with Gasteiger partial charge in [0.25, 0.3) is 0 Å². The molecule has 0 aromatic carbocycles. The smallest absolute Gasteiger partial charge is 0.103 e. The largest absolute Gasteiger partial charge is 0.392 e. The normalized spacial score (nSPS) is 14.3. The molecule has 6 heteroatoms. The first-order valence-electron chi connectivity index (χ1n) is 8.19. The van der Waals surface area contributed by atoms with Crippen molar-refractivity contribution in [2.75, 3.05) is 6.54 Å². The zero-order valence-electron chi connectivity index (χ0n) is 14.2. The maximum Gasteiger partial charge on any atom is 0.103 e. The minimum absolute atomic E-state index is 0.338. The Kier molecular flexibility index (Phi) is 6.78. The summed E-state index contributed by atoms with van der Waals surface area (Å²) in [6.07, 6.45) is 6.13. The molecule has 3 rings (SSSR count). The lowest BCUT2D eigenvalue weighted by atomic mass is 10.0. The molecular formula is C18H26N4OS. The lowest BCUT2D eigenvalue weighted by molar-refractivity contribution is 0.203. The van der Waals surface area contributed by atoms with Crippen molar-refractivity contribution in [3.05, 3.63) is 52.6 Å². The molecule has 0 bridgehead atoms. The fourth-order valence-corrected chi connectivity index (χ4v) is 2.37. The van der Waals surface area contributed by atoms with Crippen LogP contribution in [0.15, 0.2) is 36.7 Å². The summed E-state index contributed by atoms with van der Waals surface area (Å²) >= 11 is 5.09. The molecular weight excluding hydrogens is 320 g/mol. The third kappa shape index (κ3) is 5.63. The highest BCUT2D eigenvalue weighted by Crippen LogP contribution is 2.39. The number of H-pyrrole nitrogens is 3. The Bertz CT molecular complexity index is 734. The average Bonchev–Trinajstić information content (AvgIpc) is 3.38. The van der Waals surface area contributed by atoms with Gasteiger partial charge in [0, 0.05) is 30.6 Å². The van der Waals surface area contributed by atoms with E-state index in [4.69, 9.17) is 23.1 Å². The quantitative estimate of drug-likeness (QED) is 0.549. The summed E-state index contributed by atoms with van der Waals surface area (Å²) in [5.41, 5.74) is 9.82. The SMILES string of the molecule is CC(O)CN.Cc1cc(C2CC2)[nH][nH]ccc1-c1ccc(=S)[nH]c1. The number of aromatic amines is 3. The molecule has 2 heterocycles. The summed E-state index contributed by atoms with van der Waals surface area (Å²) in [7, 11) is 0. The second-order valence-electron chi connectivity index (χ2n) is 6.10. The van der Waals surface area contributed by atoms with Crippen LogP contribution in [0.5, 0.6) is 0 Å². The van der Waals surface area contributed by atoms with Gasteiger partial charge in [0.2, 0.25) is 0 Å². The zero-order chi connectivity index (χ0) is 17.5. The first-order chi connectivity index (χ1) is 11.5. The summed E-state index contributed by atoms with van der Waals surface area (Å²) in [6.45, 7) is 4.16. The zero-order valence-corrected chi connectivity index (χ0v) is 15.0. The van der Waals surface area contributed by atoms with Crippen LogP contribution >= 0.6 is 12.2 Å². The van der Waals surface area contributed by atoms with Crippen molar-refractivity contribution in [2.45, 2.75) is 38.7 Å². The topological polar surface area (TPSA) is 93.6 Å². The monoisotopic (exact) mass is 346 g/mol. The number of pyridine rings is 1. The van der Waals surface area contributed by atoms with Crippen molar-refractivity contribution in [3.8, 4) is 11.1 Å². The minimum atomic E-state index is -0.338. The second kappa shape index (κ2) is 8.82. The predicted octanol–water partition coefficient (Wildman–Crippen LogP) is 3.70. The fraction of sp³-hybridized carbons (Fsp3) is 0.389. The molecule has 1 aliphatic rings. The van der Waals surface area contributed by atoms with Crippen molar-refractivity contribution < 1.29 is 5.11 Å². The van der Waals surface area contributed by atoms with Gasteiger partial charge in [-0.25, -0.2) is 0 Å². The number of aliphatic hydroxyl groups excluding tert-OH is 1. The van der Waals surface area contributed by atoms with Crippen LogP contribution in [0, 0.1) is 11.6 Å². The molecule has 1 aliphatic carbocycles. The van der Waals surface area contributed by atoms with E-state index in [-0.39, 0.29) is 6.10 Å². The first kappa shape index (κ1) is 18.4. The lowest BCUT2D eigenvalue weighted by Gasteiger charge is -2.06. The molecule has 0 saturated heterocycles. The summed E-state index contributed by atoms with van der Waals surface area (Å²) in [6, 6.07) is 8.30. The standard InChI is InChI=1S/C15H17N3S.C3H9NO/c1-10-8-14(11-2-3-11)18-17-7-6-13(10)12-4-5-15(19)16-9-12;1-3(5)2-4/h4-9,11,17-18H,2-3H2,1H3,(H,16,19);3,5H,2,4H2,1H3. The van der Waals surface area contributed by atoms with Crippen molar-refractivity contribution in [1.29, 1.82) is 0 Å². The molecule has 5 nitrogen and oxygen atoms in total. The van der Waals surface area contributed by atoms with E-state index >= 15 is 0 Å². The third-order valence-corrected chi connectivity index (χ3v) is 4.05. The van der Waals surface area contributed by atoms with E-state index in [0.717, 1.165) is 10.2 Å². The van der Waals surface area contributed by atoms with E-state index in [0.29, 0.717) is 12.5 Å². The predicted molar refractivity (Wildman–Crippen MR) is 101 cm³/mol. The molecule has 0 aliphatic heterocycles. The molecule has 6 N–H and O–H groups in total. The maximum absolute atomic E-state index is 8.24. The van der Waals surface area contributed by atoms with E-state index in [1.807, 2.05) is 18.5 Å². The van der Waals surface area contributed by atoms with Crippen molar-refractivity contribution in [3.63, 3.8) is 0 Å². The van der Waals surface area contributed by atoms with Crippen LogP contribution in [-0.4, -0.2) is 32.9 Å². The Hall–Kier alpha value is -1.89. The van der Waals surface area contributed by atoms with Gasteiger partial charge in [-0.1, -0.05) is 12.2 Å². The Labute approximate surface area is 147 Å². The number of nitrogens with two attached hydrogens (primary N) is 1. The Morgan fingerprint density at radius 1 is 1.33 bits per heavy atom. The number of aliphatic hydroxyl groups is 1. The van der Waals surface area contributed by atoms with Crippen LogP contribution in [0.3, 0.4) is 0 Å². The van der Waals surface area contributed by atoms with Gasteiger partial charge < -0.3 is 26.0 Å². The van der Waals surface area contributed by atoms with E-state index in [2.05, 4.69) is 40.3 Å². The number of aryl methyl sites for hydroxylation is 1. The molecule has 0 amide bonds. The van der Waals surface area contributed by atoms with Gasteiger partial charge in [0.05, 0.1) is 6.10 Å². The maximum atomic E-state index is 8.24. The van der Waals surface area contributed by atoms with Gasteiger partial charge in [-0.15, -0.1) is 0 Å². The molecule has 1 unspecified atom stereocenters. The number of aromatic nitrogens is 3. The number of nitrogens with one attached hydrogen (secondary N) is 3. The third-order valence-electron chi connectivity index (χ3n) is 3.80. The first-order valence-corrected chi connectivity index (χ1v) is 8.60. The summed E-state index contributed by atoms with van der Waals surface area (Å²) in [5.74, 6) is 0.691. The number of hydrogen-bond donors (Lipinski definition) is 5. The Morgan fingerprint density at radius 2 is 2.04 bits per heavy atom. The van der Waals surface area contributed by atoms with Gasteiger partial charge >= 0.3 is 0 Å². The molecule has 2 aromatic rings. The van der Waals surface area contributed by atoms with E-state index in [9.17, 15) is 0 Å². The molecule has 130 valence electrons. The van der Waals surface area contributed by atoms with Crippen molar-refractivity contribution in [2.24, 2.45) is 5.73 Å². The molecule has 2 aromatic heterocycles. The molecule has 1 saturated carbocycles. The number of rotatable bonds is 3. The highest BCUT2D eigenvalue weighted by molar-refractivity contribution is 7.71. The highest BCUT2D eigenvalue weighted by atomic mass is 32.1. The van der Waals surface area contributed by atoms with Crippen LogP contribution < -0.4 is 5.73 Å². The van der Waals surface area contributed by atoms with E-state index in [1.54, 1.807) is 6.92 Å². The molecule has 1 fully saturated rings. The molecule has 24 heavy (non-hydrogen) atoms. The molecule has 0 spiro atoms. The molecule has 1 atom stereocenters. The lowest BCUT2D eigenvalue weighted by Crippen LogP contribution is -2.14. The van der Waals surface area contributed by atoms with Crippen LogP contribution in [-0.2, 0) is 0 Å². The second-order valence-corrected chi connectivity index (χ2v) is 6.54. The summed E-state index contributed by atoms with van der Waals surface area (Å²) < 4.78 is 0.755. The Morgan fingerprint density at radius 3 is 2.58 bits per heavy atom. The van der Waals surface area contributed by atoms with Crippen LogP contribution in [0.25, 0.3) is 11.1 Å². The van der Waals surface area contributed by atoms with Gasteiger partial charge in [-0.05, 0) is 67.6 Å². The van der Waals surface area contributed by atoms with Crippen LogP contribution in [0.1, 0.15) is 36.9 Å². The number of hydrogen-bond acceptors (Lipinski definition) is 3. The van der Waals surface area contributed by atoms with Gasteiger partial charge in [0.1, 0.15) is 4.64 Å². The fourth-order valence-electron chi connectivity index (χ4n) is 2.24. The van der Waals surface area contributed by atoms with E-state index in [1.165, 1.54) is 29.7 Å². The summed E-state index contributed by atoms with van der Waals surface area (Å²) in [4.78, 5) is 3.09. The minimum Gasteiger partial charge on any atom is -0.392 e. The summed E-state index contributed by atoms with van der Waals surface area (Å²) in [5, 5.41) is 14.6. The van der Waals surface area contributed by atoms with E-state index < -0.39 is 0 Å². The van der Waals surface area contributed by atoms with Gasteiger partial charge in [0.15, 0.2) is 0 Å². The average molecular weight is 346 g/mol. The van der Waals surface area contributed by atoms with Gasteiger partial charge in [-0.3, -0.25) is 0 Å². The van der Waals surface area contributed by atoms with Crippen molar-refractivity contribution >= 4 is 12.2 Å². The van der Waals surface area contributed by atoms with Crippen LogP contribution in [0.4, 0.5) is 0 Å². The Balaban J connectivity index is 0.000000368. The molecule has 0 radical (unpaired) electrons. The van der Waals surface area contributed by atoms with Crippen molar-refractivity contribution in [1.82, 2.24) is 15.2 Å².